The number of hydrogen-bond acceptors (Lipinski definition) is 0. The third-order valence-electron chi connectivity index (χ3n) is 4.36. The van der Waals surface area contributed by atoms with Crippen molar-refractivity contribution in [3.8, 4) is 0 Å². The topological polar surface area (TPSA) is 0 Å². The second-order valence-corrected chi connectivity index (χ2v) is 9.19. The van der Waals surface area contributed by atoms with Gasteiger partial charge >= 0.3 is 0 Å². The maximum absolute atomic E-state index is 6.25. The van der Waals surface area contributed by atoms with Gasteiger partial charge in [0.05, 0.1) is 0 Å². The maximum Gasteiger partial charge on any atom is 0.114 e. The number of halogens is 4. The lowest BCUT2D eigenvalue weighted by atomic mass is 9.80. The monoisotopic (exact) mass is 528 g/mol. The first kappa shape index (κ1) is 21.8. The highest BCUT2D eigenvalue weighted by Gasteiger charge is 2.15. The summed E-state index contributed by atoms with van der Waals surface area (Å²) in [5.41, 5.74) is 4.08. The quantitative estimate of drug-likeness (QED) is 0.261. The van der Waals surface area contributed by atoms with Crippen LogP contribution in [0.1, 0.15) is 16.7 Å². The fraction of sp³-hybridized carbons (Fsp3) is 0.0909. The molecule has 0 bridgehead atoms. The van der Waals surface area contributed by atoms with Gasteiger partial charge in [0.25, 0.3) is 0 Å². The minimum atomic E-state index is 0.153. The summed E-state index contributed by atoms with van der Waals surface area (Å²) < 4.78 is 0.918. The van der Waals surface area contributed by atoms with Gasteiger partial charge in [0.2, 0.25) is 0 Å². The molecule has 136 valence electrons. The molecule has 0 N–H and O–H groups in total. The van der Waals surface area contributed by atoms with Crippen molar-refractivity contribution in [2.75, 3.05) is 0 Å². The molecule has 1 aliphatic rings. The lowest BCUT2D eigenvalue weighted by Crippen LogP contribution is -2.18. The average molecular weight is 531 g/mol. The first-order chi connectivity index (χ1) is 13.3. The molecule has 0 saturated heterocycles. The molecule has 28 heavy (non-hydrogen) atoms. The Morgan fingerprint density at radius 1 is 0.893 bits per heavy atom. The van der Waals surface area contributed by atoms with Gasteiger partial charge in [-0.3, -0.25) is 0 Å². The molecular weight excluding hydrogens is 517 g/mol. The first-order valence-electron chi connectivity index (χ1n) is 8.53. The average Bonchev–Trinajstić information content (AvgIpc) is 2.63. The smallest absolute Gasteiger partial charge is 0.0890 e. The fourth-order valence-corrected chi connectivity index (χ4v) is 4.60. The number of benzene rings is 2. The van der Waals surface area contributed by atoms with Crippen LogP contribution in [0.25, 0.3) is 18.2 Å². The van der Waals surface area contributed by atoms with Crippen molar-refractivity contribution in [1.29, 1.82) is 0 Å². The molecule has 0 fully saturated rings. The van der Waals surface area contributed by atoms with Crippen LogP contribution in [0.2, 0.25) is 5.02 Å². The van der Waals surface area contributed by atoms with E-state index in [0.29, 0.717) is 15.9 Å². The summed E-state index contributed by atoms with van der Waals surface area (Å²) in [5, 5.41) is 1.42. The van der Waals surface area contributed by atoms with Gasteiger partial charge in [-0.1, -0.05) is 121 Å². The second kappa shape index (κ2) is 9.71. The van der Waals surface area contributed by atoms with Crippen molar-refractivity contribution in [3.63, 3.8) is 0 Å². The molecule has 0 heterocycles. The largest absolute Gasteiger partial charge is 0.114 e. The van der Waals surface area contributed by atoms with E-state index < -0.39 is 0 Å². The lowest BCUT2D eigenvalue weighted by Gasteiger charge is -2.16. The standard InChI is InChI=1S/C22H14B2Br2Cl2/c23-19-10-16(4-2-14-6-8-18(28)12-22(14)26)20(24)9-15(19)3-1-13-5-7-17(27)11-21(13)25/h1-13,21H. The Balaban J connectivity index is 1.80. The molecule has 0 aliphatic heterocycles. The van der Waals surface area contributed by atoms with Crippen LogP contribution in [0.5, 0.6) is 0 Å². The molecular formula is C22H14B2Br2Cl2. The van der Waals surface area contributed by atoms with E-state index in [9.17, 15) is 0 Å². The van der Waals surface area contributed by atoms with Gasteiger partial charge in [0.15, 0.2) is 0 Å². The van der Waals surface area contributed by atoms with Crippen LogP contribution in [0.15, 0.2) is 64.1 Å². The van der Waals surface area contributed by atoms with Crippen molar-refractivity contribution in [3.05, 3.63) is 85.9 Å². The van der Waals surface area contributed by atoms with Gasteiger partial charge < -0.3 is 0 Å². The SMILES string of the molecule is [B]c1cc(C=CC2C=CC(Cl)=CC2Br)c([B])cc1C=Cc1ccc(Cl)cc1Br. The van der Waals surface area contributed by atoms with Gasteiger partial charge in [-0.25, -0.2) is 0 Å². The molecule has 2 unspecified atom stereocenters. The Labute approximate surface area is 195 Å². The Kier molecular flexibility index (Phi) is 7.55. The highest BCUT2D eigenvalue weighted by molar-refractivity contribution is 9.10. The minimum Gasteiger partial charge on any atom is -0.0890 e. The van der Waals surface area contributed by atoms with Crippen molar-refractivity contribution in [1.82, 2.24) is 0 Å². The molecule has 2 atom stereocenters. The van der Waals surface area contributed by atoms with Crippen LogP contribution in [-0.2, 0) is 0 Å². The van der Waals surface area contributed by atoms with Crippen LogP contribution in [0.4, 0.5) is 0 Å². The summed E-state index contributed by atoms with van der Waals surface area (Å²) in [6, 6.07) is 9.41. The van der Waals surface area contributed by atoms with E-state index in [1.54, 1.807) is 0 Å². The zero-order valence-corrected chi connectivity index (χ0v) is 19.4. The zero-order valence-electron chi connectivity index (χ0n) is 14.7. The van der Waals surface area contributed by atoms with Crippen LogP contribution in [0.3, 0.4) is 0 Å². The summed E-state index contributed by atoms with van der Waals surface area (Å²) in [4.78, 5) is 0.153. The molecule has 2 aromatic rings. The third-order valence-corrected chi connectivity index (χ3v) is 6.40. The molecule has 0 nitrogen and oxygen atoms in total. The van der Waals surface area contributed by atoms with E-state index in [0.717, 1.165) is 26.2 Å². The normalized spacial score (nSPS) is 19.5. The molecule has 3 rings (SSSR count). The summed E-state index contributed by atoms with van der Waals surface area (Å²) in [7, 11) is 12.5. The second-order valence-electron chi connectivity index (χ2n) is 6.40. The van der Waals surface area contributed by atoms with Gasteiger partial charge in [-0.15, -0.1) is 0 Å². The van der Waals surface area contributed by atoms with Crippen LogP contribution in [0, 0.1) is 5.92 Å². The molecule has 2 aromatic carbocycles. The predicted molar refractivity (Wildman–Crippen MR) is 134 cm³/mol. The number of alkyl halides is 1. The Morgan fingerprint density at radius 3 is 2.18 bits per heavy atom. The Hall–Kier alpha value is -0.930. The molecule has 6 heteroatoms. The van der Waals surface area contributed by atoms with E-state index >= 15 is 0 Å². The summed E-state index contributed by atoms with van der Waals surface area (Å²) in [6.07, 6.45) is 13.9. The number of hydrogen-bond donors (Lipinski definition) is 0. The van der Waals surface area contributed by atoms with E-state index in [-0.39, 0.29) is 10.7 Å². The van der Waals surface area contributed by atoms with Crippen molar-refractivity contribution in [2.45, 2.75) is 4.83 Å². The van der Waals surface area contributed by atoms with Crippen LogP contribution < -0.4 is 10.9 Å². The first-order valence-corrected chi connectivity index (χ1v) is 11.0. The van der Waals surface area contributed by atoms with Crippen LogP contribution >= 0.6 is 55.1 Å². The van der Waals surface area contributed by atoms with Crippen molar-refractivity contribution < 1.29 is 0 Å². The van der Waals surface area contributed by atoms with E-state index in [4.69, 9.17) is 38.9 Å². The lowest BCUT2D eigenvalue weighted by molar-refractivity contribution is 0.853. The van der Waals surface area contributed by atoms with Crippen LogP contribution in [-0.4, -0.2) is 20.5 Å². The molecule has 0 amide bonds. The predicted octanol–water partition coefficient (Wildman–Crippen LogP) is 5.95. The fourth-order valence-electron chi connectivity index (χ4n) is 2.79. The number of rotatable bonds is 4. The number of allylic oxidation sites excluding steroid dienone is 5. The van der Waals surface area contributed by atoms with Gasteiger partial charge in [0.1, 0.15) is 15.7 Å². The van der Waals surface area contributed by atoms with E-state index in [2.05, 4.69) is 44.0 Å². The summed E-state index contributed by atoms with van der Waals surface area (Å²) in [5.74, 6) is 0.199. The van der Waals surface area contributed by atoms with Gasteiger partial charge in [0, 0.05) is 25.3 Å². The van der Waals surface area contributed by atoms with Crippen molar-refractivity contribution >= 4 is 99.9 Å². The van der Waals surface area contributed by atoms with Crippen molar-refractivity contribution in [2.24, 2.45) is 5.92 Å². The summed E-state index contributed by atoms with van der Waals surface area (Å²) in [6.45, 7) is 0. The summed E-state index contributed by atoms with van der Waals surface area (Å²) >= 11 is 19.1. The van der Waals surface area contributed by atoms with Gasteiger partial charge in [-0.05, 0) is 34.9 Å². The highest BCUT2D eigenvalue weighted by atomic mass is 79.9. The highest BCUT2D eigenvalue weighted by Crippen LogP contribution is 2.27. The maximum atomic E-state index is 6.25. The Bertz CT molecular complexity index is 1010. The zero-order chi connectivity index (χ0) is 20.3. The minimum absolute atomic E-state index is 0.153. The molecule has 0 saturated carbocycles. The van der Waals surface area contributed by atoms with E-state index in [1.807, 2.05) is 60.7 Å². The van der Waals surface area contributed by atoms with E-state index in [1.165, 1.54) is 0 Å². The molecule has 4 radical (unpaired) electrons. The Morgan fingerprint density at radius 2 is 1.54 bits per heavy atom. The molecule has 0 spiro atoms. The molecule has 1 aliphatic carbocycles. The third kappa shape index (κ3) is 5.57. The van der Waals surface area contributed by atoms with Gasteiger partial charge in [-0.2, -0.15) is 0 Å². The molecule has 0 aromatic heterocycles.